The van der Waals surface area contributed by atoms with E-state index < -0.39 is 36.2 Å². The third-order valence-electron chi connectivity index (χ3n) is 2.36. The van der Waals surface area contributed by atoms with Crippen molar-refractivity contribution in [1.29, 1.82) is 0 Å². The van der Waals surface area contributed by atoms with Crippen LogP contribution in [0.4, 0.5) is 0 Å². The molecular weight excluding hydrogens is 276 g/mol. The monoisotopic (exact) mass is 296 g/mol. The van der Waals surface area contributed by atoms with Gasteiger partial charge in [0.2, 0.25) is 0 Å². The number of amides is 2. The van der Waals surface area contributed by atoms with Crippen LogP contribution in [0.3, 0.4) is 0 Å². The van der Waals surface area contributed by atoms with Crippen molar-refractivity contribution >= 4 is 11.8 Å². The lowest BCUT2D eigenvalue weighted by Gasteiger charge is -2.25. The molecule has 0 aliphatic heterocycles. The van der Waals surface area contributed by atoms with Gasteiger partial charge in [-0.3, -0.25) is 9.59 Å². The minimum atomic E-state index is -2.11. The quantitative estimate of drug-likeness (QED) is 0.207. The summed E-state index contributed by atoms with van der Waals surface area (Å²) in [6.07, 6.45) is -8.39. The fourth-order valence-corrected chi connectivity index (χ4v) is 1.25. The highest BCUT2D eigenvalue weighted by molar-refractivity contribution is 5.83. The molecule has 0 heterocycles. The fraction of sp³-hybridized carbons (Fsp3) is 0.800. The van der Waals surface area contributed by atoms with E-state index in [4.69, 9.17) is 10.2 Å². The molecule has 2 amide bonds. The summed E-state index contributed by atoms with van der Waals surface area (Å²) in [5, 5.41) is 58.8. The summed E-state index contributed by atoms with van der Waals surface area (Å²) >= 11 is 0. The maximum Gasteiger partial charge on any atom is 0.251 e. The minimum absolute atomic E-state index is 0.168. The zero-order chi connectivity index (χ0) is 15.7. The Labute approximate surface area is 114 Å². The molecule has 0 aromatic carbocycles. The zero-order valence-corrected chi connectivity index (χ0v) is 10.6. The normalized spacial score (nSPS) is 16.9. The van der Waals surface area contributed by atoms with Crippen molar-refractivity contribution in [1.82, 2.24) is 10.6 Å². The predicted octanol–water partition coefficient (Wildman–Crippen LogP) is -5.35. The van der Waals surface area contributed by atoms with Crippen molar-refractivity contribution in [3.63, 3.8) is 0 Å². The molecule has 118 valence electrons. The molecule has 0 rings (SSSR count). The summed E-state index contributed by atoms with van der Waals surface area (Å²) in [5.41, 5.74) is 0. The van der Waals surface area contributed by atoms with Crippen LogP contribution < -0.4 is 10.6 Å². The second kappa shape index (κ2) is 9.58. The first-order valence-electron chi connectivity index (χ1n) is 5.86. The van der Waals surface area contributed by atoms with E-state index in [0.717, 1.165) is 0 Å². The SMILES string of the molecule is O=C(NCCO)[C@@H](O)[C@H](O)[C@H](O)[C@@H](O)C(=O)NCCO. The molecule has 0 aliphatic rings. The Bertz CT molecular complexity index is 284. The van der Waals surface area contributed by atoms with E-state index in [2.05, 4.69) is 0 Å². The number of aliphatic hydroxyl groups excluding tert-OH is 6. The van der Waals surface area contributed by atoms with Crippen LogP contribution in [-0.4, -0.2) is 93.2 Å². The number of hydrogen-bond donors (Lipinski definition) is 8. The average Bonchev–Trinajstić information content (AvgIpc) is 2.46. The molecular formula is C10H20N2O8. The molecule has 10 nitrogen and oxygen atoms in total. The van der Waals surface area contributed by atoms with Crippen molar-refractivity contribution in [2.24, 2.45) is 0 Å². The molecule has 8 N–H and O–H groups in total. The lowest BCUT2D eigenvalue weighted by molar-refractivity contribution is -0.155. The highest BCUT2D eigenvalue weighted by Gasteiger charge is 2.37. The number of rotatable bonds is 9. The molecule has 0 aromatic rings. The van der Waals surface area contributed by atoms with Gasteiger partial charge in [-0.05, 0) is 0 Å². The molecule has 0 spiro atoms. The molecule has 0 radical (unpaired) electrons. The highest BCUT2D eigenvalue weighted by atomic mass is 16.4. The number of carbonyl (C=O) groups excluding carboxylic acids is 2. The van der Waals surface area contributed by atoms with Gasteiger partial charge >= 0.3 is 0 Å². The Morgan fingerprint density at radius 1 is 0.750 bits per heavy atom. The molecule has 4 atom stereocenters. The first-order chi connectivity index (χ1) is 9.36. The zero-order valence-electron chi connectivity index (χ0n) is 10.6. The van der Waals surface area contributed by atoms with E-state index in [-0.39, 0.29) is 26.3 Å². The van der Waals surface area contributed by atoms with Crippen molar-refractivity contribution in [2.75, 3.05) is 26.3 Å². The van der Waals surface area contributed by atoms with E-state index in [1.807, 2.05) is 10.6 Å². The maximum atomic E-state index is 11.3. The van der Waals surface area contributed by atoms with E-state index in [1.165, 1.54) is 0 Å². The first kappa shape index (κ1) is 18.7. The number of carbonyl (C=O) groups is 2. The summed E-state index contributed by atoms with van der Waals surface area (Å²) in [6.45, 7) is -1.11. The fourth-order valence-electron chi connectivity index (χ4n) is 1.25. The molecule has 0 unspecified atom stereocenters. The van der Waals surface area contributed by atoms with Crippen LogP contribution in [-0.2, 0) is 9.59 Å². The molecule has 0 saturated carbocycles. The van der Waals surface area contributed by atoms with Crippen molar-refractivity contribution in [2.45, 2.75) is 24.4 Å². The van der Waals surface area contributed by atoms with Crippen LogP contribution in [0.15, 0.2) is 0 Å². The first-order valence-corrected chi connectivity index (χ1v) is 5.86. The molecule has 0 fully saturated rings. The Morgan fingerprint density at radius 2 is 1.05 bits per heavy atom. The standard InChI is InChI=1S/C10H20N2O8/c13-3-1-11-9(19)7(17)5(15)6(16)8(18)10(20)12-2-4-14/h5-8,13-18H,1-4H2,(H,11,19)(H,12,20)/t5-,6+,7+,8-. The smallest absolute Gasteiger partial charge is 0.251 e. The number of hydrogen-bond acceptors (Lipinski definition) is 8. The van der Waals surface area contributed by atoms with Gasteiger partial charge in [0.25, 0.3) is 11.8 Å². The second-order valence-electron chi connectivity index (χ2n) is 3.90. The minimum Gasteiger partial charge on any atom is -0.395 e. The van der Waals surface area contributed by atoms with Gasteiger partial charge in [0.05, 0.1) is 13.2 Å². The van der Waals surface area contributed by atoms with Gasteiger partial charge in [-0.1, -0.05) is 0 Å². The summed E-state index contributed by atoms with van der Waals surface area (Å²) in [4.78, 5) is 22.5. The maximum absolute atomic E-state index is 11.3. The van der Waals surface area contributed by atoms with Gasteiger partial charge in [0.15, 0.2) is 12.2 Å². The van der Waals surface area contributed by atoms with Gasteiger partial charge in [0.1, 0.15) is 12.2 Å². The third-order valence-corrected chi connectivity index (χ3v) is 2.36. The Morgan fingerprint density at radius 3 is 1.30 bits per heavy atom. The summed E-state index contributed by atoms with van der Waals surface area (Å²) < 4.78 is 0. The van der Waals surface area contributed by atoms with Crippen LogP contribution in [0.25, 0.3) is 0 Å². The molecule has 0 saturated heterocycles. The van der Waals surface area contributed by atoms with E-state index in [9.17, 15) is 30.0 Å². The average molecular weight is 296 g/mol. The van der Waals surface area contributed by atoms with Gasteiger partial charge < -0.3 is 41.3 Å². The highest BCUT2D eigenvalue weighted by Crippen LogP contribution is 2.06. The van der Waals surface area contributed by atoms with Crippen molar-refractivity contribution < 1.29 is 40.2 Å². The third kappa shape index (κ3) is 5.77. The number of nitrogens with one attached hydrogen (secondary N) is 2. The molecule has 20 heavy (non-hydrogen) atoms. The van der Waals surface area contributed by atoms with E-state index >= 15 is 0 Å². The van der Waals surface area contributed by atoms with Crippen LogP contribution in [0, 0.1) is 0 Å². The van der Waals surface area contributed by atoms with Gasteiger partial charge in [-0.15, -0.1) is 0 Å². The summed E-state index contributed by atoms with van der Waals surface area (Å²) in [7, 11) is 0. The van der Waals surface area contributed by atoms with Gasteiger partial charge in [0, 0.05) is 13.1 Å². The molecule has 10 heteroatoms. The molecule has 0 aliphatic carbocycles. The number of aliphatic hydroxyl groups is 6. The Balaban J connectivity index is 4.46. The predicted molar refractivity (Wildman–Crippen MR) is 64.2 cm³/mol. The second-order valence-corrected chi connectivity index (χ2v) is 3.90. The van der Waals surface area contributed by atoms with Crippen LogP contribution in [0.1, 0.15) is 0 Å². The van der Waals surface area contributed by atoms with Crippen LogP contribution in [0.2, 0.25) is 0 Å². The van der Waals surface area contributed by atoms with E-state index in [0.29, 0.717) is 0 Å². The van der Waals surface area contributed by atoms with Gasteiger partial charge in [-0.2, -0.15) is 0 Å². The van der Waals surface area contributed by atoms with E-state index in [1.54, 1.807) is 0 Å². The topological polar surface area (TPSA) is 180 Å². The Kier molecular flexibility index (Phi) is 8.96. The van der Waals surface area contributed by atoms with Crippen molar-refractivity contribution in [3.05, 3.63) is 0 Å². The largest absolute Gasteiger partial charge is 0.395 e. The van der Waals surface area contributed by atoms with Crippen LogP contribution >= 0.6 is 0 Å². The summed E-state index contributed by atoms with van der Waals surface area (Å²) in [5.74, 6) is -2.15. The van der Waals surface area contributed by atoms with Gasteiger partial charge in [-0.25, -0.2) is 0 Å². The molecule has 0 bridgehead atoms. The van der Waals surface area contributed by atoms with Crippen molar-refractivity contribution in [3.8, 4) is 0 Å². The Hall–Kier alpha value is -1.30. The molecule has 0 aromatic heterocycles. The van der Waals surface area contributed by atoms with Crippen LogP contribution in [0.5, 0.6) is 0 Å². The lowest BCUT2D eigenvalue weighted by atomic mass is 10.0. The summed E-state index contributed by atoms with van der Waals surface area (Å²) in [6, 6.07) is 0. The lowest BCUT2D eigenvalue weighted by Crippen LogP contribution is -2.54.